The van der Waals surface area contributed by atoms with E-state index in [-0.39, 0.29) is 5.69 Å². The van der Waals surface area contributed by atoms with Crippen LogP contribution in [0.25, 0.3) is 21.7 Å². The van der Waals surface area contributed by atoms with Gasteiger partial charge in [-0.1, -0.05) is 18.2 Å². The second kappa shape index (κ2) is 6.77. The summed E-state index contributed by atoms with van der Waals surface area (Å²) in [4.78, 5) is 23.1. The van der Waals surface area contributed by atoms with E-state index in [1.807, 2.05) is 25.1 Å². The summed E-state index contributed by atoms with van der Waals surface area (Å²) >= 11 is 1.10. The van der Waals surface area contributed by atoms with Crippen LogP contribution in [-0.2, 0) is 0 Å². The minimum absolute atomic E-state index is 0.0536. The minimum Gasteiger partial charge on any atom is -0.423 e. The summed E-state index contributed by atoms with van der Waals surface area (Å²) < 4.78 is 11.0. The van der Waals surface area contributed by atoms with Crippen LogP contribution in [0.4, 0.5) is 5.69 Å². The fourth-order valence-corrected chi connectivity index (χ4v) is 3.62. The summed E-state index contributed by atoms with van der Waals surface area (Å²) in [5.41, 5.74) is 0.928. The third-order valence-corrected chi connectivity index (χ3v) is 5.02. The molecule has 1 aromatic heterocycles. The average Bonchev–Trinajstić information content (AvgIpc) is 2.65. The molecule has 7 heteroatoms. The molecule has 0 saturated heterocycles. The number of fused-ring (bicyclic) bond motifs is 2. The summed E-state index contributed by atoms with van der Waals surface area (Å²) in [6, 6.07) is 17.0. The van der Waals surface area contributed by atoms with Crippen molar-refractivity contribution in [2.45, 2.75) is 11.8 Å². The molecule has 0 fully saturated rings. The third-order valence-electron chi connectivity index (χ3n) is 4.21. The molecule has 0 aliphatic rings. The fourth-order valence-electron chi connectivity index (χ4n) is 2.94. The summed E-state index contributed by atoms with van der Waals surface area (Å²) in [5.74, 6) is 0.517. The van der Waals surface area contributed by atoms with E-state index in [1.165, 1.54) is 12.1 Å². The lowest BCUT2D eigenvalue weighted by Gasteiger charge is -2.08. The average molecular weight is 379 g/mol. The van der Waals surface area contributed by atoms with E-state index in [0.717, 1.165) is 33.3 Å². The van der Waals surface area contributed by atoms with E-state index in [2.05, 4.69) is 0 Å². The molecule has 0 bridgehead atoms. The van der Waals surface area contributed by atoms with Gasteiger partial charge in [0.15, 0.2) is 0 Å². The van der Waals surface area contributed by atoms with Crippen LogP contribution in [0, 0.1) is 17.0 Å². The molecule has 0 radical (unpaired) electrons. The Morgan fingerprint density at radius 2 is 1.78 bits per heavy atom. The SMILES string of the molecule is Cc1cc(=O)oc2cc(OSc3ccc([N+](=O)[O-])c4ccccc34)ccc12. The minimum atomic E-state index is -0.411. The van der Waals surface area contributed by atoms with Gasteiger partial charge in [-0.3, -0.25) is 10.1 Å². The molecule has 0 atom stereocenters. The monoisotopic (exact) mass is 379 g/mol. The first-order chi connectivity index (χ1) is 13.0. The van der Waals surface area contributed by atoms with Crippen molar-refractivity contribution in [3.63, 3.8) is 0 Å². The Bertz CT molecular complexity index is 1250. The van der Waals surface area contributed by atoms with Crippen LogP contribution in [0.3, 0.4) is 0 Å². The van der Waals surface area contributed by atoms with E-state index in [9.17, 15) is 14.9 Å². The van der Waals surface area contributed by atoms with Gasteiger partial charge >= 0.3 is 5.63 Å². The largest absolute Gasteiger partial charge is 0.423 e. The second-order valence-corrected chi connectivity index (χ2v) is 6.73. The van der Waals surface area contributed by atoms with Crippen molar-refractivity contribution < 1.29 is 13.5 Å². The van der Waals surface area contributed by atoms with Crippen LogP contribution in [-0.4, -0.2) is 4.92 Å². The van der Waals surface area contributed by atoms with Crippen LogP contribution >= 0.6 is 12.0 Å². The molecule has 0 aliphatic heterocycles. The number of hydrogen-bond acceptors (Lipinski definition) is 6. The van der Waals surface area contributed by atoms with Gasteiger partial charge in [0.25, 0.3) is 5.69 Å². The maximum atomic E-state index is 11.6. The van der Waals surface area contributed by atoms with Crippen molar-refractivity contribution in [2.24, 2.45) is 0 Å². The Labute approximate surface area is 157 Å². The highest BCUT2D eigenvalue weighted by Crippen LogP contribution is 2.35. The predicted octanol–water partition coefficient (Wildman–Crippen LogP) is 5.25. The van der Waals surface area contributed by atoms with E-state index < -0.39 is 10.5 Å². The van der Waals surface area contributed by atoms with Crippen LogP contribution in [0.1, 0.15) is 5.56 Å². The molecular weight excluding hydrogens is 366 g/mol. The van der Waals surface area contributed by atoms with Crippen molar-refractivity contribution in [1.82, 2.24) is 0 Å². The second-order valence-electron chi connectivity index (χ2n) is 5.96. The van der Waals surface area contributed by atoms with Crippen molar-refractivity contribution in [2.75, 3.05) is 0 Å². The van der Waals surface area contributed by atoms with Gasteiger partial charge in [0.1, 0.15) is 11.3 Å². The molecular formula is C20H13NO5S. The zero-order valence-corrected chi connectivity index (χ0v) is 15.0. The highest BCUT2D eigenvalue weighted by molar-refractivity contribution is 7.95. The molecule has 27 heavy (non-hydrogen) atoms. The molecule has 0 spiro atoms. The smallest absolute Gasteiger partial charge is 0.336 e. The number of nitrogens with zero attached hydrogens (tertiary/aromatic N) is 1. The van der Waals surface area contributed by atoms with Gasteiger partial charge in [-0.2, -0.15) is 0 Å². The summed E-state index contributed by atoms with van der Waals surface area (Å²) in [5, 5.41) is 13.3. The van der Waals surface area contributed by atoms with Crippen LogP contribution in [0.15, 0.2) is 74.8 Å². The van der Waals surface area contributed by atoms with Crippen molar-refractivity contribution in [1.29, 1.82) is 0 Å². The Morgan fingerprint density at radius 1 is 1.00 bits per heavy atom. The maximum Gasteiger partial charge on any atom is 0.336 e. The summed E-state index contributed by atoms with van der Waals surface area (Å²) in [6.07, 6.45) is 0. The quantitative estimate of drug-likeness (QED) is 0.208. The fraction of sp³-hybridized carbons (Fsp3) is 0.0500. The van der Waals surface area contributed by atoms with E-state index in [0.29, 0.717) is 16.7 Å². The topological polar surface area (TPSA) is 82.6 Å². The number of aryl methyl sites for hydroxylation is 1. The van der Waals surface area contributed by atoms with Crippen molar-refractivity contribution in [3.05, 3.63) is 86.8 Å². The molecule has 0 N–H and O–H groups in total. The lowest BCUT2D eigenvalue weighted by molar-refractivity contribution is -0.383. The van der Waals surface area contributed by atoms with Gasteiger partial charge in [0.2, 0.25) is 0 Å². The Morgan fingerprint density at radius 3 is 2.56 bits per heavy atom. The van der Waals surface area contributed by atoms with E-state index >= 15 is 0 Å². The van der Waals surface area contributed by atoms with Gasteiger partial charge < -0.3 is 8.60 Å². The Kier molecular flexibility index (Phi) is 4.29. The molecule has 1 heterocycles. The summed E-state index contributed by atoms with van der Waals surface area (Å²) in [6.45, 7) is 1.84. The normalized spacial score (nSPS) is 11.0. The molecule has 0 amide bonds. The number of benzene rings is 3. The van der Waals surface area contributed by atoms with Gasteiger partial charge in [-0.05, 0) is 36.8 Å². The van der Waals surface area contributed by atoms with Gasteiger partial charge in [0.05, 0.1) is 27.2 Å². The first kappa shape index (κ1) is 17.1. The number of nitro benzene ring substituents is 1. The molecule has 6 nitrogen and oxygen atoms in total. The standard InChI is InChI=1S/C20H13NO5S/c1-12-10-20(22)25-18-11-13(6-7-14(12)18)26-27-19-9-8-17(21(23)24)15-4-2-3-5-16(15)19/h2-11H,1H3. The number of rotatable bonds is 4. The maximum absolute atomic E-state index is 11.6. The lowest BCUT2D eigenvalue weighted by Crippen LogP contribution is -1.97. The lowest BCUT2D eigenvalue weighted by atomic mass is 10.1. The Balaban J connectivity index is 1.68. The van der Waals surface area contributed by atoms with Gasteiger partial charge in [-0.15, -0.1) is 0 Å². The van der Waals surface area contributed by atoms with Crippen LogP contribution < -0.4 is 9.81 Å². The van der Waals surface area contributed by atoms with E-state index in [1.54, 1.807) is 30.3 Å². The molecule has 0 aliphatic carbocycles. The van der Waals surface area contributed by atoms with Gasteiger partial charge in [-0.25, -0.2) is 4.79 Å². The number of hydrogen-bond donors (Lipinski definition) is 0. The number of non-ortho nitro benzene ring substituents is 1. The third kappa shape index (κ3) is 3.24. The molecule has 134 valence electrons. The van der Waals surface area contributed by atoms with Gasteiger partial charge in [0, 0.05) is 29.0 Å². The molecule has 0 saturated carbocycles. The summed E-state index contributed by atoms with van der Waals surface area (Å²) in [7, 11) is 0. The van der Waals surface area contributed by atoms with Crippen LogP contribution in [0.2, 0.25) is 0 Å². The zero-order chi connectivity index (χ0) is 19.0. The number of nitro groups is 1. The zero-order valence-electron chi connectivity index (χ0n) is 14.2. The molecule has 0 unspecified atom stereocenters. The van der Waals surface area contributed by atoms with Crippen molar-refractivity contribution >= 4 is 39.5 Å². The van der Waals surface area contributed by atoms with Crippen LogP contribution in [0.5, 0.6) is 5.75 Å². The van der Waals surface area contributed by atoms with E-state index in [4.69, 9.17) is 8.60 Å². The molecule has 4 aromatic rings. The highest BCUT2D eigenvalue weighted by Gasteiger charge is 2.15. The van der Waals surface area contributed by atoms with Crippen molar-refractivity contribution in [3.8, 4) is 5.75 Å². The first-order valence-electron chi connectivity index (χ1n) is 8.08. The first-order valence-corrected chi connectivity index (χ1v) is 8.82. The molecule has 4 rings (SSSR count). The predicted molar refractivity (Wildman–Crippen MR) is 104 cm³/mol. The highest BCUT2D eigenvalue weighted by atomic mass is 32.2. The Hall–Kier alpha value is -3.32. The molecule has 3 aromatic carbocycles.